The van der Waals surface area contributed by atoms with Crippen LogP contribution in [0.25, 0.3) is 0 Å². The molecule has 0 saturated heterocycles. The van der Waals surface area contributed by atoms with Gasteiger partial charge in [0.15, 0.2) is 5.96 Å². The maximum atomic E-state index is 5.86. The molecule has 0 heterocycles. The Labute approximate surface area is 147 Å². The maximum Gasteiger partial charge on any atom is 0.193 e. The summed E-state index contributed by atoms with van der Waals surface area (Å²) in [6, 6.07) is 15.2. The smallest absolute Gasteiger partial charge is 0.193 e. The van der Waals surface area contributed by atoms with Gasteiger partial charge in [-0.05, 0) is 42.0 Å². The second kappa shape index (κ2) is 9.14. The van der Waals surface area contributed by atoms with Crippen molar-refractivity contribution in [2.24, 2.45) is 10.7 Å². The van der Waals surface area contributed by atoms with Gasteiger partial charge in [-0.25, -0.2) is 4.99 Å². The van der Waals surface area contributed by atoms with Gasteiger partial charge >= 0.3 is 0 Å². The predicted molar refractivity (Wildman–Crippen MR) is 100 cm³/mol. The van der Waals surface area contributed by atoms with Gasteiger partial charge in [0.05, 0.1) is 20.8 Å². The van der Waals surface area contributed by atoms with E-state index in [-0.39, 0.29) is 24.0 Å². The van der Waals surface area contributed by atoms with E-state index >= 15 is 0 Å². The zero-order valence-corrected chi connectivity index (χ0v) is 14.9. The molecule has 0 amide bonds. The van der Waals surface area contributed by atoms with Crippen molar-refractivity contribution in [3.05, 3.63) is 54.1 Å². The van der Waals surface area contributed by atoms with Crippen molar-refractivity contribution in [2.75, 3.05) is 19.5 Å². The fraction of sp³-hybridized carbons (Fsp3) is 0.188. The molecule has 0 aliphatic carbocycles. The van der Waals surface area contributed by atoms with Crippen LogP contribution in [0.3, 0.4) is 0 Å². The molecule has 3 N–H and O–H groups in total. The average Bonchev–Trinajstić information content (AvgIpc) is 2.54. The first-order valence-corrected chi connectivity index (χ1v) is 6.55. The molecule has 0 aliphatic heterocycles. The highest BCUT2D eigenvalue weighted by Crippen LogP contribution is 2.15. The molecule has 118 valence electrons. The van der Waals surface area contributed by atoms with Crippen molar-refractivity contribution in [3.63, 3.8) is 0 Å². The van der Waals surface area contributed by atoms with E-state index in [1.54, 1.807) is 14.2 Å². The van der Waals surface area contributed by atoms with E-state index in [1.165, 1.54) is 0 Å². The van der Waals surface area contributed by atoms with Gasteiger partial charge in [0.1, 0.15) is 11.5 Å². The van der Waals surface area contributed by atoms with Crippen LogP contribution in [0.5, 0.6) is 11.5 Å². The summed E-state index contributed by atoms with van der Waals surface area (Å²) in [5, 5.41) is 3.03. The fourth-order valence-electron chi connectivity index (χ4n) is 1.77. The molecular weight excluding hydrogens is 393 g/mol. The normalized spacial score (nSPS) is 10.5. The molecule has 0 radical (unpaired) electrons. The van der Waals surface area contributed by atoms with Crippen LogP contribution in [-0.2, 0) is 6.54 Å². The third-order valence-corrected chi connectivity index (χ3v) is 2.95. The summed E-state index contributed by atoms with van der Waals surface area (Å²) in [5.74, 6) is 2.00. The third-order valence-electron chi connectivity index (χ3n) is 2.95. The highest BCUT2D eigenvalue weighted by Gasteiger charge is 1.97. The lowest BCUT2D eigenvalue weighted by molar-refractivity contribution is 0.414. The Hall–Kier alpha value is -1.96. The number of guanidine groups is 1. The molecule has 0 aliphatic rings. The number of nitrogens with one attached hydrogen (secondary N) is 1. The third kappa shape index (κ3) is 5.44. The first-order valence-electron chi connectivity index (χ1n) is 6.55. The number of ether oxygens (including phenoxy) is 2. The molecule has 0 spiro atoms. The van der Waals surface area contributed by atoms with Crippen molar-refractivity contribution in [1.29, 1.82) is 0 Å². The Kier molecular flexibility index (Phi) is 7.51. The van der Waals surface area contributed by atoms with Crippen molar-refractivity contribution >= 4 is 35.6 Å². The Morgan fingerprint density at radius 2 is 1.45 bits per heavy atom. The second-order valence-corrected chi connectivity index (χ2v) is 4.40. The first kappa shape index (κ1) is 18.1. The molecule has 0 unspecified atom stereocenters. The van der Waals surface area contributed by atoms with Gasteiger partial charge in [0, 0.05) is 5.69 Å². The summed E-state index contributed by atoms with van der Waals surface area (Å²) in [4.78, 5) is 4.30. The molecule has 0 bridgehead atoms. The standard InChI is InChI=1S/C16H19N3O2.HI/c1-20-14-7-3-12(4-8-14)11-18-16(17)19-13-5-9-15(21-2)10-6-13;/h3-10H,11H2,1-2H3,(H3,17,18,19);1H. The molecule has 2 aromatic carbocycles. The zero-order valence-electron chi connectivity index (χ0n) is 12.6. The molecule has 0 saturated carbocycles. The molecular formula is C16H20IN3O2. The number of halogens is 1. The Morgan fingerprint density at radius 3 is 1.95 bits per heavy atom. The van der Waals surface area contributed by atoms with Crippen molar-refractivity contribution in [1.82, 2.24) is 0 Å². The number of anilines is 1. The van der Waals surface area contributed by atoms with E-state index < -0.39 is 0 Å². The number of nitrogens with zero attached hydrogens (tertiary/aromatic N) is 1. The minimum atomic E-state index is 0. The van der Waals surface area contributed by atoms with Gasteiger partial charge in [-0.15, -0.1) is 24.0 Å². The second-order valence-electron chi connectivity index (χ2n) is 4.40. The van der Waals surface area contributed by atoms with Crippen molar-refractivity contribution in [2.45, 2.75) is 6.54 Å². The minimum absolute atomic E-state index is 0. The highest BCUT2D eigenvalue weighted by molar-refractivity contribution is 14.0. The van der Waals surface area contributed by atoms with Gasteiger partial charge in [0.25, 0.3) is 0 Å². The van der Waals surface area contributed by atoms with E-state index in [1.807, 2.05) is 48.5 Å². The number of rotatable bonds is 5. The number of hydrogen-bond acceptors (Lipinski definition) is 3. The number of nitrogens with two attached hydrogens (primary N) is 1. The summed E-state index contributed by atoms with van der Waals surface area (Å²) >= 11 is 0. The predicted octanol–water partition coefficient (Wildman–Crippen LogP) is 3.25. The molecule has 6 heteroatoms. The lowest BCUT2D eigenvalue weighted by Crippen LogP contribution is -2.22. The number of methoxy groups -OCH3 is 2. The molecule has 0 fully saturated rings. The quantitative estimate of drug-likeness (QED) is 0.449. The van der Waals surface area contributed by atoms with Gasteiger partial charge in [-0.2, -0.15) is 0 Å². The van der Waals surface area contributed by atoms with Crippen LogP contribution < -0.4 is 20.5 Å². The topological polar surface area (TPSA) is 68.9 Å². The molecule has 2 aromatic rings. The first-order chi connectivity index (χ1) is 10.2. The SMILES string of the molecule is COc1ccc(CN=C(N)Nc2ccc(OC)cc2)cc1.I. The molecule has 0 aromatic heterocycles. The van der Waals surface area contributed by atoms with Crippen LogP contribution >= 0.6 is 24.0 Å². The van der Waals surface area contributed by atoms with Crippen LogP contribution in [0.4, 0.5) is 5.69 Å². The molecule has 2 rings (SSSR count). The zero-order chi connectivity index (χ0) is 15.1. The van der Waals surface area contributed by atoms with Gasteiger partial charge < -0.3 is 20.5 Å². The summed E-state index contributed by atoms with van der Waals surface area (Å²) in [5.41, 5.74) is 7.80. The summed E-state index contributed by atoms with van der Waals surface area (Å²) < 4.78 is 10.2. The number of aliphatic imine (C=N–C) groups is 1. The number of benzene rings is 2. The van der Waals surface area contributed by atoms with Crippen molar-refractivity contribution in [3.8, 4) is 11.5 Å². The monoisotopic (exact) mass is 413 g/mol. The summed E-state index contributed by atoms with van der Waals surface area (Å²) in [6.45, 7) is 0.513. The van der Waals surface area contributed by atoms with Crippen LogP contribution in [0.2, 0.25) is 0 Å². The van der Waals surface area contributed by atoms with E-state index in [0.717, 1.165) is 22.7 Å². The lowest BCUT2D eigenvalue weighted by atomic mass is 10.2. The van der Waals surface area contributed by atoms with Crippen LogP contribution in [0.15, 0.2) is 53.5 Å². The minimum Gasteiger partial charge on any atom is -0.497 e. The van der Waals surface area contributed by atoms with Gasteiger partial charge in [-0.3, -0.25) is 0 Å². The fourth-order valence-corrected chi connectivity index (χ4v) is 1.77. The Bertz CT molecular complexity index is 598. The summed E-state index contributed by atoms with van der Waals surface area (Å²) in [7, 11) is 3.27. The highest BCUT2D eigenvalue weighted by atomic mass is 127. The van der Waals surface area contributed by atoms with Crippen molar-refractivity contribution < 1.29 is 9.47 Å². The number of hydrogen-bond donors (Lipinski definition) is 2. The molecule has 0 atom stereocenters. The van der Waals surface area contributed by atoms with Crippen LogP contribution in [-0.4, -0.2) is 20.2 Å². The maximum absolute atomic E-state index is 5.86. The van der Waals surface area contributed by atoms with E-state index in [4.69, 9.17) is 15.2 Å². The van der Waals surface area contributed by atoms with Gasteiger partial charge in [0.2, 0.25) is 0 Å². The molecule has 22 heavy (non-hydrogen) atoms. The Balaban J connectivity index is 0.00000242. The molecule has 5 nitrogen and oxygen atoms in total. The van der Waals surface area contributed by atoms with Gasteiger partial charge in [-0.1, -0.05) is 12.1 Å². The van der Waals surface area contributed by atoms with E-state index in [9.17, 15) is 0 Å². The summed E-state index contributed by atoms with van der Waals surface area (Å²) in [6.07, 6.45) is 0. The largest absolute Gasteiger partial charge is 0.497 e. The average molecular weight is 413 g/mol. The van der Waals surface area contributed by atoms with E-state index in [0.29, 0.717) is 12.5 Å². The Morgan fingerprint density at radius 1 is 0.955 bits per heavy atom. The van der Waals surface area contributed by atoms with Crippen LogP contribution in [0.1, 0.15) is 5.56 Å². The van der Waals surface area contributed by atoms with Crippen LogP contribution in [0, 0.1) is 0 Å². The lowest BCUT2D eigenvalue weighted by Gasteiger charge is -2.07. The van der Waals surface area contributed by atoms with E-state index in [2.05, 4.69) is 10.3 Å².